The number of unbranched alkanes of at least 4 members (excludes halogenated alkanes) is 1. The second-order valence-electron chi connectivity index (χ2n) is 5.84. The van der Waals surface area contributed by atoms with Gasteiger partial charge in [-0.2, -0.15) is 4.37 Å². The van der Waals surface area contributed by atoms with Crippen LogP contribution in [0.1, 0.15) is 19.8 Å². The SMILES string of the molecule is C[C@H](CN)NCCCCNc1cc(F)c(S(=O)(=O)Nc2ncns2)cc1Br. The van der Waals surface area contributed by atoms with Gasteiger partial charge >= 0.3 is 0 Å². The lowest BCUT2D eigenvalue weighted by molar-refractivity contribution is 0.537. The lowest BCUT2D eigenvalue weighted by atomic mass is 10.2. The quantitative estimate of drug-likeness (QED) is 0.364. The first kappa shape index (κ1) is 22.0. The van der Waals surface area contributed by atoms with E-state index in [1.807, 2.05) is 6.92 Å². The third-order valence-electron chi connectivity index (χ3n) is 3.66. The summed E-state index contributed by atoms with van der Waals surface area (Å²) in [6.45, 7) is 4.09. The van der Waals surface area contributed by atoms with E-state index in [1.54, 1.807) is 0 Å². The second-order valence-corrected chi connectivity index (χ2v) is 9.12. The average molecular weight is 481 g/mol. The minimum atomic E-state index is -4.09. The van der Waals surface area contributed by atoms with E-state index < -0.39 is 20.7 Å². The van der Waals surface area contributed by atoms with Gasteiger partial charge in [0.05, 0.1) is 5.69 Å². The van der Waals surface area contributed by atoms with Crippen LogP contribution in [0.5, 0.6) is 0 Å². The van der Waals surface area contributed by atoms with E-state index in [9.17, 15) is 12.8 Å². The minimum absolute atomic E-state index is 0.0743. The summed E-state index contributed by atoms with van der Waals surface area (Å²) >= 11 is 4.16. The van der Waals surface area contributed by atoms with Crippen molar-refractivity contribution in [3.8, 4) is 0 Å². The van der Waals surface area contributed by atoms with Crippen LogP contribution < -0.4 is 21.1 Å². The maximum Gasteiger partial charge on any atom is 0.266 e. The van der Waals surface area contributed by atoms with Crippen molar-refractivity contribution in [3.05, 3.63) is 28.7 Å². The van der Waals surface area contributed by atoms with Crippen molar-refractivity contribution < 1.29 is 12.8 Å². The van der Waals surface area contributed by atoms with E-state index in [4.69, 9.17) is 5.73 Å². The Kier molecular flexibility index (Phi) is 8.35. The van der Waals surface area contributed by atoms with Crippen LogP contribution in [-0.4, -0.2) is 43.5 Å². The molecular formula is C15H22BrFN6O2S2. The van der Waals surface area contributed by atoms with Gasteiger partial charge in [-0.15, -0.1) is 0 Å². The zero-order valence-corrected chi connectivity index (χ0v) is 17.9. The van der Waals surface area contributed by atoms with Crippen LogP contribution in [0.3, 0.4) is 0 Å². The molecule has 8 nitrogen and oxygen atoms in total. The molecule has 1 atom stereocenters. The first-order valence-electron chi connectivity index (χ1n) is 8.29. The molecule has 0 fully saturated rings. The molecule has 5 N–H and O–H groups in total. The Morgan fingerprint density at radius 2 is 2.07 bits per heavy atom. The zero-order chi connectivity index (χ0) is 19.9. The van der Waals surface area contributed by atoms with Gasteiger partial charge in [-0.05, 0) is 54.4 Å². The third-order valence-corrected chi connectivity index (χ3v) is 6.38. The molecule has 0 amide bonds. The zero-order valence-electron chi connectivity index (χ0n) is 14.7. The largest absolute Gasteiger partial charge is 0.384 e. The topological polar surface area (TPSA) is 122 Å². The molecular weight excluding hydrogens is 459 g/mol. The van der Waals surface area contributed by atoms with Gasteiger partial charge in [0.1, 0.15) is 17.0 Å². The molecule has 0 saturated heterocycles. The predicted molar refractivity (Wildman–Crippen MR) is 109 cm³/mol. The average Bonchev–Trinajstić information content (AvgIpc) is 3.12. The maximum atomic E-state index is 14.4. The lowest BCUT2D eigenvalue weighted by Crippen LogP contribution is -2.33. The number of hydrogen-bond acceptors (Lipinski definition) is 8. The number of nitrogens with zero attached hydrogens (tertiary/aromatic N) is 2. The molecule has 0 radical (unpaired) electrons. The third kappa shape index (κ3) is 6.64. The molecule has 2 aromatic rings. The Labute approximate surface area is 170 Å². The number of halogens is 2. The van der Waals surface area contributed by atoms with Crippen molar-refractivity contribution in [2.45, 2.75) is 30.7 Å². The van der Waals surface area contributed by atoms with Crippen LogP contribution in [0.25, 0.3) is 0 Å². The smallest absolute Gasteiger partial charge is 0.266 e. The number of hydrogen-bond donors (Lipinski definition) is 4. The number of nitrogens with two attached hydrogens (primary N) is 1. The van der Waals surface area contributed by atoms with Crippen molar-refractivity contribution >= 4 is 48.3 Å². The van der Waals surface area contributed by atoms with E-state index in [-0.39, 0.29) is 11.2 Å². The second kappa shape index (κ2) is 10.3. The van der Waals surface area contributed by atoms with Gasteiger partial charge in [-0.3, -0.25) is 4.72 Å². The van der Waals surface area contributed by atoms with Gasteiger partial charge in [0.25, 0.3) is 10.0 Å². The molecule has 1 aromatic heterocycles. The molecule has 2 rings (SSSR count). The van der Waals surface area contributed by atoms with Crippen LogP contribution in [0, 0.1) is 5.82 Å². The highest BCUT2D eigenvalue weighted by Gasteiger charge is 2.22. The van der Waals surface area contributed by atoms with Crippen molar-refractivity contribution in [2.24, 2.45) is 5.73 Å². The summed E-state index contributed by atoms with van der Waals surface area (Å²) in [5.74, 6) is -0.851. The molecule has 12 heteroatoms. The Morgan fingerprint density at radius 1 is 1.33 bits per heavy atom. The normalized spacial score (nSPS) is 12.7. The van der Waals surface area contributed by atoms with E-state index in [0.29, 0.717) is 23.2 Å². The predicted octanol–water partition coefficient (Wildman–Crippen LogP) is 2.37. The summed E-state index contributed by atoms with van der Waals surface area (Å²) in [5.41, 5.74) is 6.02. The molecule has 0 unspecified atom stereocenters. The molecule has 1 aromatic carbocycles. The van der Waals surface area contributed by atoms with Gasteiger partial charge in [0.15, 0.2) is 0 Å². The fraction of sp³-hybridized carbons (Fsp3) is 0.467. The maximum absolute atomic E-state index is 14.4. The summed E-state index contributed by atoms with van der Waals surface area (Å²) < 4.78 is 45.4. The van der Waals surface area contributed by atoms with Gasteiger partial charge < -0.3 is 16.4 Å². The Balaban J connectivity index is 1.94. The van der Waals surface area contributed by atoms with Crippen molar-refractivity contribution in [3.63, 3.8) is 0 Å². The monoisotopic (exact) mass is 480 g/mol. The molecule has 150 valence electrons. The molecule has 0 saturated carbocycles. The summed E-state index contributed by atoms with van der Waals surface area (Å²) in [5, 5.41) is 6.47. The molecule has 0 aliphatic heterocycles. The molecule has 27 heavy (non-hydrogen) atoms. The Morgan fingerprint density at radius 3 is 2.74 bits per heavy atom. The van der Waals surface area contributed by atoms with Crippen LogP contribution in [0.15, 0.2) is 27.8 Å². The van der Waals surface area contributed by atoms with Crippen LogP contribution >= 0.6 is 27.5 Å². The first-order chi connectivity index (χ1) is 12.8. The minimum Gasteiger partial charge on any atom is -0.384 e. The highest BCUT2D eigenvalue weighted by atomic mass is 79.9. The number of anilines is 2. The highest BCUT2D eigenvalue weighted by Crippen LogP contribution is 2.29. The standard InChI is InChI=1S/C15H22BrFN6O2S2/c1-10(8-18)19-4-2-3-5-20-13-7-12(17)14(6-11(13)16)27(24,25)23-15-21-9-22-26-15/h6-7,9-10,19-20H,2-5,8,18H2,1H3,(H,21,22,23)/t10-/m1/s1. The molecule has 1 heterocycles. The number of rotatable bonds is 11. The van der Waals surface area contributed by atoms with E-state index in [1.165, 1.54) is 12.4 Å². The molecule has 0 aliphatic rings. The highest BCUT2D eigenvalue weighted by molar-refractivity contribution is 9.10. The molecule has 0 aliphatic carbocycles. The lowest BCUT2D eigenvalue weighted by Gasteiger charge is -2.13. The summed E-state index contributed by atoms with van der Waals surface area (Å²) in [6.07, 6.45) is 3.03. The van der Waals surface area contributed by atoms with Gasteiger partial charge in [0, 0.05) is 35.1 Å². The number of nitrogens with one attached hydrogen (secondary N) is 3. The summed E-state index contributed by atoms with van der Waals surface area (Å²) in [7, 11) is -4.09. The van der Waals surface area contributed by atoms with Gasteiger partial charge in [-0.1, -0.05) is 0 Å². The number of benzene rings is 1. The van der Waals surface area contributed by atoms with E-state index in [0.717, 1.165) is 37.0 Å². The van der Waals surface area contributed by atoms with E-state index >= 15 is 0 Å². The van der Waals surface area contributed by atoms with Gasteiger partial charge in [-0.25, -0.2) is 17.8 Å². The van der Waals surface area contributed by atoms with Crippen molar-refractivity contribution in [1.82, 2.24) is 14.7 Å². The van der Waals surface area contributed by atoms with E-state index in [2.05, 4.69) is 40.6 Å². The molecule has 0 spiro atoms. The van der Waals surface area contributed by atoms with Gasteiger partial charge in [0.2, 0.25) is 5.13 Å². The van der Waals surface area contributed by atoms with Crippen LogP contribution in [0.2, 0.25) is 0 Å². The van der Waals surface area contributed by atoms with Crippen LogP contribution in [-0.2, 0) is 10.0 Å². The molecule has 0 bridgehead atoms. The summed E-state index contributed by atoms with van der Waals surface area (Å²) in [6, 6.07) is 2.67. The summed E-state index contributed by atoms with van der Waals surface area (Å²) in [4.78, 5) is 3.27. The van der Waals surface area contributed by atoms with Crippen molar-refractivity contribution in [1.29, 1.82) is 0 Å². The Bertz CT molecular complexity index is 835. The number of sulfonamides is 1. The fourth-order valence-corrected chi connectivity index (χ4v) is 4.55. The fourth-order valence-electron chi connectivity index (χ4n) is 2.16. The van der Waals surface area contributed by atoms with Crippen molar-refractivity contribution in [2.75, 3.05) is 29.7 Å². The Hall–Kier alpha value is -1.34. The first-order valence-corrected chi connectivity index (χ1v) is 11.3. The van der Waals surface area contributed by atoms with Crippen LogP contribution in [0.4, 0.5) is 15.2 Å². The number of aromatic nitrogens is 2.